The summed E-state index contributed by atoms with van der Waals surface area (Å²) < 4.78 is 42.7. The van der Waals surface area contributed by atoms with Gasteiger partial charge >= 0.3 is 0 Å². The molecule has 8 nitrogen and oxygen atoms in total. The highest BCUT2D eigenvalue weighted by atomic mass is 32.2. The first-order chi connectivity index (χ1) is 16.5. The number of hydrogen-bond donors (Lipinski definition) is 0. The first-order valence-electron chi connectivity index (χ1n) is 11.9. The van der Waals surface area contributed by atoms with Crippen LogP contribution in [0.3, 0.4) is 0 Å². The van der Waals surface area contributed by atoms with Crippen molar-refractivity contribution in [1.29, 1.82) is 0 Å². The number of carbonyl (C=O) groups is 1. The predicted molar refractivity (Wildman–Crippen MR) is 130 cm³/mol. The lowest BCUT2D eigenvalue weighted by molar-refractivity contribution is 0.0699. The minimum Gasteiger partial charge on any atom is -0.336 e. The van der Waals surface area contributed by atoms with Gasteiger partial charge in [0, 0.05) is 37.8 Å². The SMILES string of the molecule is Cc1nn(C(C)(C)C)c2nc(C3CC3)cc(C(=O)N3CCN(S(=O)(=O)c4cccc(F)c4)CC3)c12. The van der Waals surface area contributed by atoms with Gasteiger partial charge in [0.05, 0.1) is 27.1 Å². The number of carbonyl (C=O) groups excluding carboxylic acids is 1. The standard InChI is InChI=1S/C25H30FN5O3S/c1-16-22-20(15-21(17-8-9-17)27-23(22)31(28-16)25(2,3)4)24(32)29-10-12-30(13-11-29)35(33,34)19-7-5-6-18(26)14-19/h5-7,14-15,17H,8-13H2,1-4H3. The van der Waals surface area contributed by atoms with Crippen LogP contribution in [0, 0.1) is 12.7 Å². The van der Waals surface area contributed by atoms with E-state index in [1.165, 1.54) is 22.5 Å². The molecule has 2 fully saturated rings. The van der Waals surface area contributed by atoms with E-state index in [-0.39, 0.29) is 42.5 Å². The lowest BCUT2D eigenvalue weighted by Crippen LogP contribution is -2.50. The summed E-state index contributed by atoms with van der Waals surface area (Å²) in [7, 11) is -3.83. The number of benzene rings is 1. The number of pyridine rings is 1. The van der Waals surface area contributed by atoms with Gasteiger partial charge in [0.15, 0.2) is 5.65 Å². The van der Waals surface area contributed by atoms with Crippen LogP contribution < -0.4 is 0 Å². The fraction of sp³-hybridized carbons (Fsp3) is 0.480. The van der Waals surface area contributed by atoms with Crippen molar-refractivity contribution in [2.75, 3.05) is 26.2 Å². The Morgan fingerprint density at radius 2 is 1.77 bits per heavy atom. The highest BCUT2D eigenvalue weighted by Gasteiger charge is 2.34. The molecule has 0 spiro atoms. The average molecular weight is 500 g/mol. The number of aromatic nitrogens is 3. The lowest BCUT2D eigenvalue weighted by atomic mass is 10.1. The Bertz CT molecular complexity index is 1410. The number of aryl methyl sites for hydroxylation is 1. The molecule has 2 aromatic heterocycles. The summed E-state index contributed by atoms with van der Waals surface area (Å²) in [5, 5.41) is 5.47. The van der Waals surface area contributed by atoms with E-state index in [0.717, 1.165) is 41.3 Å². The molecule has 3 aromatic rings. The fourth-order valence-electron chi connectivity index (χ4n) is 4.61. The van der Waals surface area contributed by atoms with E-state index in [9.17, 15) is 17.6 Å². The molecule has 1 aliphatic carbocycles. The maximum Gasteiger partial charge on any atom is 0.254 e. The number of sulfonamides is 1. The van der Waals surface area contributed by atoms with Gasteiger partial charge < -0.3 is 4.90 Å². The zero-order valence-electron chi connectivity index (χ0n) is 20.5. The van der Waals surface area contributed by atoms with Crippen LogP contribution in [0.25, 0.3) is 11.0 Å². The number of hydrogen-bond acceptors (Lipinski definition) is 5. The van der Waals surface area contributed by atoms with Gasteiger partial charge in [-0.3, -0.25) is 4.79 Å². The van der Waals surface area contributed by atoms with Crippen LogP contribution in [0.4, 0.5) is 4.39 Å². The summed E-state index contributed by atoms with van der Waals surface area (Å²) >= 11 is 0. The molecule has 1 saturated carbocycles. The topological polar surface area (TPSA) is 88.4 Å². The number of halogens is 1. The maximum absolute atomic E-state index is 13.7. The Morgan fingerprint density at radius 1 is 1.09 bits per heavy atom. The van der Waals surface area contributed by atoms with Crippen molar-refractivity contribution in [3.05, 3.63) is 53.1 Å². The van der Waals surface area contributed by atoms with Crippen LogP contribution in [0.2, 0.25) is 0 Å². The van der Waals surface area contributed by atoms with Gasteiger partial charge in [-0.1, -0.05) is 6.07 Å². The van der Waals surface area contributed by atoms with Crippen molar-refractivity contribution < 1.29 is 17.6 Å². The van der Waals surface area contributed by atoms with Gasteiger partial charge in [0.2, 0.25) is 10.0 Å². The molecule has 0 bridgehead atoms. The van der Waals surface area contributed by atoms with E-state index in [2.05, 4.69) is 20.8 Å². The molecule has 1 aromatic carbocycles. The summed E-state index contributed by atoms with van der Waals surface area (Å²) in [6.45, 7) is 8.87. The first kappa shape index (κ1) is 23.9. The number of fused-ring (bicyclic) bond motifs is 1. The summed E-state index contributed by atoms with van der Waals surface area (Å²) in [5.74, 6) is -0.374. The number of amides is 1. The molecule has 0 radical (unpaired) electrons. The smallest absolute Gasteiger partial charge is 0.254 e. The third-order valence-corrected chi connectivity index (χ3v) is 8.55. The van der Waals surface area contributed by atoms with Crippen LogP contribution in [-0.4, -0.2) is 64.5 Å². The third-order valence-electron chi connectivity index (χ3n) is 6.65. The first-order valence-corrected chi connectivity index (χ1v) is 13.4. The van der Waals surface area contributed by atoms with Gasteiger partial charge in [-0.25, -0.2) is 22.5 Å². The Labute approximate surface area is 204 Å². The van der Waals surface area contributed by atoms with Crippen LogP contribution in [0.1, 0.15) is 61.3 Å². The maximum atomic E-state index is 13.7. The third kappa shape index (κ3) is 4.33. The quantitative estimate of drug-likeness (QED) is 0.547. The van der Waals surface area contributed by atoms with Crippen LogP contribution in [0.15, 0.2) is 35.2 Å². The highest BCUT2D eigenvalue weighted by Crippen LogP contribution is 2.41. The molecule has 1 saturated heterocycles. The van der Waals surface area contributed by atoms with Crippen molar-refractivity contribution in [3.63, 3.8) is 0 Å². The highest BCUT2D eigenvalue weighted by molar-refractivity contribution is 7.89. The summed E-state index contributed by atoms with van der Waals surface area (Å²) in [6, 6.07) is 6.91. The van der Waals surface area contributed by atoms with Gasteiger partial charge in [-0.2, -0.15) is 9.40 Å². The second kappa shape index (κ2) is 8.37. The summed E-state index contributed by atoms with van der Waals surface area (Å²) in [5.41, 5.74) is 2.67. The van der Waals surface area contributed by atoms with Crippen molar-refractivity contribution in [2.24, 2.45) is 0 Å². The molecular formula is C25H30FN5O3S. The van der Waals surface area contributed by atoms with E-state index in [1.807, 2.05) is 17.7 Å². The van der Waals surface area contributed by atoms with Crippen LogP contribution in [0.5, 0.6) is 0 Å². The molecule has 10 heteroatoms. The molecular weight excluding hydrogens is 469 g/mol. The van der Waals surface area contributed by atoms with Crippen molar-refractivity contribution in [3.8, 4) is 0 Å². The Hall–Kier alpha value is -2.85. The summed E-state index contributed by atoms with van der Waals surface area (Å²) in [6.07, 6.45) is 2.12. The van der Waals surface area contributed by atoms with E-state index >= 15 is 0 Å². The van der Waals surface area contributed by atoms with Gasteiger partial charge in [-0.15, -0.1) is 0 Å². The van der Waals surface area contributed by atoms with Crippen molar-refractivity contribution in [1.82, 2.24) is 24.0 Å². The van der Waals surface area contributed by atoms with Gasteiger partial charge in [-0.05, 0) is 64.8 Å². The molecule has 1 aliphatic heterocycles. The molecule has 1 amide bonds. The van der Waals surface area contributed by atoms with Crippen LogP contribution in [-0.2, 0) is 15.6 Å². The Kier molecular flexibility index (Phi) is 5.71. The molecule has 35 heavy (non-hydrogen) atoms. The molecule has 2 aliphatic rings. The normalized spacial score (nSPS) is 17.8. The molecule has 3 heterocycles. The van der Waals surface area contributed by atoms with Crippen molar-refractivity contribution >= 4 is 27.0 Å². The minimum absolute atomic E-state index is 0.0765. The number of piperazine rings is 1. The molecule has 0 unspecified atom stereocenters. The average Bonchev–Trinajstić information content (AvgIpc) is 3.61. The van der Waals surface area contributed by atoms with Crippen LogP contribution >= 0.6 is 0 Å². The molecule has 0 N–H and O–H groups in total. The lowest BCUT2D eigenvalue weighted by Gasteiger charge is -2.34. The Balaban J connectivity index is 1.44. The second-order valence-corrected chi connectivity index (χ2v) is 12.3. The zero-order valence-corrected chi connectivity index (χ0v) is 21.3. The molecule has 186 valence electrons. The predicted octanol–water partition coefficient (Wildman–Crippen LogP) is 3.66. The minimum atomic E-state index is -3.83. The number of nitrogens with zero attached hydrogens (tertiary/aromatic N) is 5. The Morgan fingerprint density at radius 3 is 2.37 bits per heavy atom. The van der Waals surface area contributed by atoms with Gasteiger partial charge in [0.1, 0.15) is 5.82 Å². The van der Waals surface area contributed by atoms with E-state index < -0.39 is 15.8 Å². The molecule has 5 rings (SSSR count). The van der Waals surface area contributed by atoms with Crippen molar-refractivity contribution in [2.45, 2.75) is 56.9 Å². The van der Waals surface area contributed by atoms with Gasteiger partial charge in [0.25, 0.3) is 5.91 Å². The molecule has 0 atom stereocenters. The second-order valence-electron chi connectivity index (χ2n) is 10.4. The number of rotatable bonds is 4. The van der Waals surface area contributed by atoms with E-state index in [1.54, 1.807) is 4.90 Å². The largest absolute Gasteiger partial charge is 0.336 e. The monoisotopic (exact) mass is 499 g/mol. The summed E-state index contributed by atoms with van der Waals surface area (Å²) in [4.78, 5) is 20.3. The van der Waals surface area contributed by atoms with E-state index in [4.69, 9.17) is 10.1 Å². The van der Waals surface area contributed by atoms with E-state index in [0.29, 0.717) is 11.5 Å². The fourth-order valence-corrected chi connectivity index (χ4v) is 6.07. The zero-order chi connectivity index (χ0) is 25.1.